The molecule has 0 aromatic heterocycles. The van der Waals surface area contributed by atoms with Gasteiger partial charge in [0.05, 0.1) is 11.4 Å². The predicted octanol–water partition coefficient (Wildman–Crippen LogP) is 3.51. The van der Waals surface area contributed by atoms with E-state index in [0.29, 0.717) is 11.4 Å². The molecule has 31 heavy (non-hydrogen) atoms. The summed E-state index contributed by atoms with van der Waals surface area (Å²) in [5.41, 5.74) is 2.13. The van der Waals surface area contributed by atoms with E-state index in [1.807, 2.05) is 30.3 Å². The fourth-order valence-corrected chi connectivity index (χ4v) is 4.43. The molecule has 3 rings (SSSR count). The molecule has 1 aliphatic rings. The van der Waals surface area contributed by atoms with Crippen LogP contribution < -0.4 is 10.1 Å². The van der Waals surface area contributed by atoms with Gasteiger partial charge in [0, 0.05) is 7.05 Å². The van der Waals surface area contributed by atoms with Gasteiger partial charge in [-0.25, -0.2) is 0 Å². The maximum absolute atomic E-state index is 12.6. The molecule has 1 N–H and O–H groups in total. The molecule has 1 unspecified atom stereocenters. The highest BCUT2D eigenvalue weighted by Gasteiger charge is 2.40. The molecule has 0 radical (unpaired) electrons. The number of nitrogens with zero attached hydrogens (tertiary/aromatic N) is 1. The van der Waals surface area contributed by atoms with Crippen molar-refractivity contribution >= 4 is 52.3 Å². The molecule has 9 heteroatoms. The number of thioether (sulfide) groups is 2. The van der Waals surface area contributed by atoms with Gasteiger partial charge in [0.25, 0.3) is 11.1 Å². The summed E-state index contributed by atoms with van der Waals surface area (Å²) in [7, 11) is 1.49. The first-order valence-electron chi connectivity index (χ1n) is 9.37. The van der Waals surface area contributed by atoms with Crippen LogP contribution in [0.5, 0.6) is 5.75 Å². The number of likely N-dealkylation sites (N-methyl/N-ethyl adjacent to an activating group) is 1. The lowest BCUT2D eigenvalue weighted by Crippen LogP contribution is -2.33. The largest absolute Gasteiger partial charge is 0.492 e. The number of hydrogen-bond donors (Lipinski definition) is 1. The normalized spacial score (nSPS) is 16.4. The summed E-state index contributed by atoms with van der Waals surface area (Å²) in [5, 5.41) is 1.69. The molecule has 3 amide bonds. The van der Waals surface area contributed by atoms with Crippen molar-refractivity contribution in [2.75, 3.05) is 20.2 Å². The van der Waals surface area contributed by atoms with Gasteiger partial charge in [-0.2, -0.15) is 0 Å². The minimum absolute atomic E-state index is 0.159. The van der Waals surface area contributed by atoms with Gasteiger partial charge in [-0.3, -0.25) is 24.1 Å². The Morgan fingerprint density at radius 2 is 1.87 bits per heavy atom. The lowest BCUT2D eigenvalue weighted by atomic mass is 10.1. The van der Waals surface area contributed by atoms with E-state index in [-0.39, 0.29) is 35.1 Å². The Kier molecular flexibility index (Phi) is 7.91. The van der Waals surface area contributed by atoms with Crippen LogP contribution in [0.15, 0.2) is 59.5 Å². The van der Waals surface area contributed by atoms with Gasteiger partial charge < -0.3 is 10.1 Å². The average molecular weight is 457 g/mol. The minimum atomic E-state index is -0.515. The van der Waals surface area contributed by atoms with E-state index in [2.05, 4.69) is 5.32 Å². The van der Waals surface area contributed by atoms with Crippen LogP contribution in [0.4, 0.5) is 4.79 Å². The van der Waals surface area contributed by atoms with Crippen LogP contribution in [0.3, 0.4) is 0 Å². The van der Waals surface area contributed by atoms with E-state index >= 15 is 0 Å². The summed E-state index contributed by atoms with van der Waals surface area (Å²) in [6.07, 6.45) is 1.60. The monoisotopic (exact) mass is 456 g/mol. The summed E-state index contributed by atoms with van der Waals surface area (Å²) in [5.74, 6) is -0.0169. The summed E-state index contributed by atoms with van der Waals surface area (Å²) >= 11 is 1.81. The highest BCUT2D eigenvalue weighted by Crippen LogP contribution is 2.38. The Balaban J connectivity index is 1.56. The van der Waals surface area contributed by atoms with Crippen LogP contribution in [-0.4, -0.2) is 47.8 Å². The molecule has 2 aromatic carbocycles. The van der Waals surface area contributed by atoms with Gasteiger partial charge in [0.1, 0.15) is 17.6 Å². The first-order chi connectivity index (χ1) is 15.0. The van der Waals surface area contributed by atoms with E-state index in [1.54, 1.807) is 30.3 Å². The summed E-state index contributed by atoms with van der Waals surface area (Å²) in [6, 6.07) is 16.1. The van der Waals surface area contributed by atoms with Gasteiger partial charge in [-0.1, -0.05) is 42.5 Å². The summed E-state index contributed by atoms with van der Waals surface area (Å²) in [4.78, 5) is 48.8. The van der Waals surface area contributed by atoms with Crippen LogP contribution >= 0.6 is 23.5 Å². The summed E-state index contributed by atoms with van der Waals surface area (Å²) < 4.78 is 5.66. The third kappa shape index (κ3) is 5.77. The lowest BCUT2D eigenvalue weighted by Gasteiger charge is -2.14. The molecule has 1 heterocycles. The van der Waals surface area contributed by atoms with Gasteiger partial charge in [-0.05, 0) is 52.9 Å². The first-order valence-corrected chi connectivity index (χ1v) is 11.1. The fourth-order valence-electron chi connectivity index (χ4n) is 2.88. The van der Waals surface area contributed by atoms with Crippen molar-refractivity contribution in [1.82, 2.24) is 10.2 Å². The van der Waals surface area contributed by atoms with E-state index < -0.39 is 5.25 Å². The Hall–Kier alpha value is -3.04. The second kappa shape index (κ2) is 10.8. The first kappa shape index (κ1) is 22.6. The fraction of sp³-hybridized carbons (Fsp3) is 0.182. The number of carbonyl (C=O) groups is 4. The maximum atomic E-state index is 12.6. The van der Waals surface area contributed by atoms with E-state index in [9.17, 15) is 19.2 Å². The molecule has 1 saturated heterocycles. The molecule has 2 aromatic rings. The van der Waals surface area contributed by atoms with Crippen LogP contribution in [-0.2, 0) is 14.4 Å². The Morgan fingerprint density at radius 1 is 1.16 bits per heavy atom. The molecule has 1 fully saturated rings. The lowest BCUT2D eigenvalue weighted by molar-refractivity contribution is -0.127. The predicted molar refractivity (Wildman–Crippen MR) is 122 cm³/mol. The highest BCUT2D eigenvalue weighted by molar-refractivity contribution is 8.16. The number of benzene rings is 2. The molecule has 0 aliphatic carbocycles. The molecular weight excluding hydrogens is 436 g/mol. The van der Waals surface area contributed by atoms with Crippen molar-refractivity contribution in [3.8, 4) is 5.75 Å². The van der Waals surface area contributed by atoms with Gasteiger partial charge in [-0.15, -0.1) is 0 Å². The molecule has 1 aliphatic heterocycles. The second-order valence-electron chi connectivity index (χ2n) is 6.38. The van der Waals surface area contributed by atoms with Crippen molar-refractivity contribution in [2.24, 2.45) is 0 Å². The Bertz CT molecular complexity index is 993. The molecule has 160 valence electrons. The van der Waals surface area contributed by atoms with Crippen LogP contribution in [0.25, 0.3) is 6.08 Å². The zero-order valence-electron chi connectivity index (χ0n) is 16.6. The number of ether oxygens (including phenoxy) is 1. The number of rotatable bonds is 9. The zero-order chi connectivity index (χ0) is 22.2. The maximum Gasteiger partial charge on any atom is 0.289 e. The number of hydrogen-bond acceptors (Lipinski definition) is 7. The molecule has 0 bridgehead atoms. The Labute approximate surface area is 188 Å². The van der Waals surface area contributed by atoms with Crippen molar-refractivity contribution < 1.29 is 23.9 Å². The topological polar surface area (TPSA) is 92.8 Å². The van der Waals surface area contributed by atoms with Crippen LogP contribution in [0, 0.1) is 0 Å². The number of amides is 3. The molecule has 0 spiro atoms. The van der Waals surface area contributed by atoms with E-state index in [1.165, 1.54) is 11.9 Å². The number of nitrogens with one attached hydrogen (secondary N) is 1. The standard InChI is InChI=1S/C22H20N2O5S2/c1-23-20(26)18(30-14-25)13-15-7-9-17(10-8-15)29-12-11-24-21(27)19(31-22(24)28)16-5-3-2-4-6-16/h2-10,13-14,19H,11-12H2,1H3,(H,23,26)/b18-13-. The van der Waals surface area contributed by atoms with Gasteiger partial charge >= 0.3 is 0 Å². The third-order valence-corrected chi connectivity index (χ3v) is 6.20. The van der Waals surface area contributed by atoms with Gasteiger partial charge in [0.2, 0.25) is 5.91 Å². The van der Waals surface area contributed by atoms with Crippen molar-refractivity contribution in [3.63, 3.8) is 0 Å². The number of carbonyl (C=O) groups excluding carboxylic acids is 4. The Morgan fingerprint density at radius 3 is 2.52 bits per heavy atom. The molecule has 1 atom stereocenters. The van der Waals surface area contributed by atoms with Crippen molar-refractivity contribution in [2.45, 2.75) is 5.25 Å². The summed E-state index contributed by atoms with van der Waals surface area (Å²) in [6.45, 7) is 0.325. The third-order valence-electron chi connectivity index (χ3n) is 4.42. The molecule has 0 saturated carbocycles. The second-order valence-corrected chi connectivity index (χ2v) is 8.31. The van der Waals surface area contributed by atoms with Crippen molar-refractivity contribution in [1.29, 1.82) is 0 Å². The van der Waals surface area contributed by atoms with Crippen molar-refractivity contribution in [3.05, 3.63) is 70.6 Å². The van der Waals surface area contributed by atoms with E-state index in [4.69, 9.17) is 4.74 Å². The molecular formula is C22H20N2O5S2. The van der Waals surface area contributed by atoms with E-state index in [0.717, 1.165) is 34.7 Å². The zero-order valence-corrected chi connectivity index (χ0v) is 18.3. The van der Waals surface area contributed by atoms with Crippen LogP contribution in [0.2, 0.25) is 0 Å². The molecule has 7 nitrogen and oxygen atoms in total. The SMILES string of the molecule is CNC(=O)/C(=C/c1ccc(OCCN2C(=O)SC(c3ccccc3)C2=O)cc1)SC=O. The minimum Gasteiger partial charge on any atom is -0.492 e. The quantitative estimate of drug-likeness (QED) is 0.456. The smallest absolute Gasteiger partial charge is 0.289 e. The average Bonchev–Trinajstić information content (AvgIpc) is 3.08. The van der Waals surface area contributed by atoms with Gasteiger partial charge in [0.15, 0.2) is 5.62 Å². The highest BCUT2D eigenvalue weighted by atomic mass is 32.2. The number of imide groups is 1. The van der Waals surface area contributed by atoms with Crippen LogP contribution in [0.1, 0.15) is 16.4 Å².